The van der Waals surface area contributed by atoms with Crippen molar-refractivity contribution in [2.75, 3.05) is 33.9 Å². The van der Waals surface area contributed by atoms with E-state index in [2.05, 4.69) is 11.9 Å². The maximum atomic E-state index is 12.8. The highest BCUT2D eigenvalue weighted by atomic mass is 32.1. The Morgan fingerprint density at radius 3 is 2.50 bits per heavy atom. The topological polar surface area (TPSA) is 62.7 Å². The second kappa shape index (κ2) is 8.07. The molecule has 1 aliphatic heterocycles. The number of aryl methyl sites for hydroxylation is 2. The number of likely N-dealkylation sites (tertiary alicyclic amines) is 1. The molecule has 24 heavy (non-hydrogen) atoms. The van der Waals surface area contributed by atoms with E-state index in [1.807, 2.05) is 20.9 Å². The Labute approximate surface area is 147 Å². The molecule has 2 amide bonds. The number of methoxy groups -OCH3 is 1. The van der Waals surface area contributed by atoms with Gasteiger partial charge in [-0.25, -0.2) is 4.98 Å². The number of nitrogens with zero attached hydrogens (tertiary/aromatic N) is 3. The van der Waals surface area contributed by atoms with Crippen molar-refractivity contribution in [3.63, 3.8) is 0 Å². The summed E-state index contributed by atoms with van der Waals surface area (Å²) < 4.78 is 4.89. The molecule has 1 saturated heterocycles. The van der Waals surface area contributed by atoms with Crippen molar-refractivity contribution in [1.82, 2.24) is 14.8 Å². The van der Waals surface area contributed by atoms with Crippen LogP contribution in [0.1, 0.15) is 41.4 Å². The molecule has 7 heteroatoms. The zero-order valence-electron chi connectivity index (χ0n) is 15.2. The van der Waals surface area contributed by atoms with Crippen LogP contribution in [0, 0.1) is 19.8 Å². The summed E-state index contributed by atoms with van der Waals surface area (Å²) >= 11 is 1.67. The van der Waals surface area contributed by atoms with Gasteiger partial charge in [0.2, 0.25) is 11.8 Å². The normalized spacial score (nSPS) is 17.0. The van der Waals surface area contributed by atoms with Crippen LogP contribution >= 0.6 is 11.3 Å². The van der Waals surface area contributed by atoms with Gasteiger partial charge in [-0.05, 0) is 33.6 Å². The van der Waals surface area contributed by atoms with Gasteiger partial charge in [0.1, 0.15) is 6.61 Å². The summed E-state index contributed by atoms with van der Waals surface area (Å²) in [5.74, 6) is 0.120. The molecule has 0 aromatic carbocycles. The maximum Gasteiger partial charge on any atom is 0.248 e. The van der Waals surface area contributed by atoms with Crippen molar-refractivity contribution < 1.29 is 14.3 Å². The van der Waals surface area contributed by atoms with Crippen molar-refractivity contribution in [2.45, 2.75) is 39.7 Å². The third kappa shape index (κ3) is 4.13. The van der Waals surface area contributed by atoms with Crippen LogP contribution in [-0.4, -0.2) is 60.5 Å². The Morgan fingerprint density at radius 1 is 1.38 bits per heavy atom. The predicted molar refractivity (Wildman–Crippen MR) is 94.0 cm³/mol. The Hall–Kier alpha value is -1.47. The van der Waals surface area contributed by atoms with Gasteiger partial charge in [0, 0.05) is 38.0 Å². The SMILES string of the molecule is COCC(=O)N1CCC(C(=O)N(C)[C@H](C)c2nc(C)sc2C)CC1. The highest BCUT2D eigenvalue weighted by Gasteiger charge is 2.31. The van der Waals surface area contributed by atoms with Crippen LogP contribution < -0.4 is 0 Å². The zero-order valence-corrected chi connectivity index (χ0v) is 16.0. The van der Waals surface area contributed by atoms with E-state index in [0.717, 1.165) is 10.7 Å². The smallest absolute Gasteiger partial charge is 0.248 e. The first kappa shape index (κ1) is 18.9. The Balaban J connectivity index is 1.94. The van der Waals surface area contributed by atoms with Crippen LogP contribution in [0.5, 0.6) is 0 Å². The molecule has 1 atom stereocenters. The van der Waals surface area contributed by atoms with Crippen LogP contribution in [0.15, 0.2) is 0 Å². The molecular formula is C17H27N3O3S. The summed E-state index contributed by atoms with van der Waals surface area (Å²) in [5.41, 5.74) is 0.987. The van der Waals surface area contributed by atoms with Gasteiger partial charge in [-0.3, -0.25) is 9.59 Å². The molecule has 134 valence electrons. The lowest BCUT2D eigenvalue weighted by atomic mass is 9.94. The zero-order chi connectivity index (χ0) is 17.9. The molecule has 1 fully saturated rings. The quantitative estimate of drug-likeness (QED) is 0.814. The maximum absolute atomic E-state index is 12.8. The molecule has 0 unspecified atom stereocenters. The highest BCUT2D eigenvalue weighted by molar-refractivity contribution is 7.11. The van der Waals surface area contributed by atoms with Crippen molar-refractivity contribution in [3.8, 4) is 0 Å². The number of piperidine rings is 1. The number of thiazole rings is 1. The third-order valence-corrected chi connectivity index (χ3v) is 5.63. The first-order valence-corrected chi connectivity index (χ1v) is 9.14. The fourth-order valence-corrected chi connectivity index (χ4v) is 4.09. The lowest BCUT2D eigenvalue weighted by Gasteiger charge is -2.34. The first-order valence-electron chi connectivity index (χ1n) is 8.32. The van der Waals surface area contributed by atoms with E-state index in [4.69, 9.17) is 4.74 Å². The van der Waals surface area contributed by atoms with Crippen LogP contribution in [0.25, 0.3) is 0 Å². The lowest BCUT2D eigenvalue weighted by Crippen LogP contribution is -2.45. The van der Waals surface area contributed by atoms with Crippen LogP contribution in [0.2, 0.25) is 0 Å². The molecule has 0 aliphatic carbocycles. The van der Waals surface area contributed by atoms with E-state index >= 15 is 0 Å². The standard InChI is InChI=1S/C17H27N3O3S/c1-11(16-12(2)24-13(3)18-16)19(4)17(22)14-6-8-20(9-7-14)15(21)10-23-5/h11,14H,6-10H2,1-5H3/t11-/m1/s1. The first-order chi connectivity index (χ1) is 11.3. The average molecular weight is 353 g/mol. The molecule has 2 heterocycles. The Morgan fingerprint density at radius 2 is 2.00 bits per heavy atom. The van der Waals surface area contributed by atoms with E-state index in [-0.39, 0.29) is 30.4 Å². The van der Waals surface area contributed by atoms with Gasteiger partial charge in [-0.1, -0.05) is 0 Å². The summed E-state index contributed by atoms with van der Waals surface area (Å²) in [6, 6.07) is -0.0318. The molecule has 1 aromatic heterocycles. The number of hydrogen-bond donors (Lipinski definition) is 0. The number of carbonyl (C=O) groups excluding carboxylic acids is 2. The molecule has 2 rings (SSSR count). The Bertz CT molecular complexity index is 594. The van der Waals surface area contributed by atoms with Gasteiger partial charge >= 0.3 is 0 Å². The molecule has 0 spiro atoms. The highest BCUT2D eigenvalue weighted by Crippen LogP contribution is 2.28. The third-order valence-electron chi connectivity index (χ3n) is 4.73. The minimum absolute atomic E-state index is 0.00121. The van der Waals surface area contributed by atoms with E-state index in [1.54, 1.807) is 21.1 Å². The van der Waals surface area contributed by atoms with Gasteiger partial charge in [-0.2, -0.15) is 0 Å². The van der Waals surface area contributed by atoms with Crippen LogP contribution in [0.3, 0.4) is 0 Å². The number of aromatic nitrogens is 1. The molecule has 0 saturated carbocycles. The van der Waals surface area contributed by atoms with Crippen molar-refractivity contribution in [1.29, 1.82) is 0 Å². The van der Waals surface area contributed by atoms with Crippen molar-refractivity contribution in [3.05, 3.63) is 15.6 Å². The molecule has 6 nitrogen and oxygen atoms in total. The van der Waals surface area contributed by atoms with Crippen LogP contribution in [0.4, 0.5) is 0 Å². The van der Waals surface area contributed by atoms with Gasteiger partial charge in [0.05, 0.1) is 16.7 Å². The fourth-order valence-electron chi connectivity index (χ4n) is 3.19. The lowest BCUT2D eigenvalue weighted by molar-refractivity contribution is -0.142. The average Bonchev–Trinajstić information content (AvgIpc) is 2.91. The molecule has 1 aromatic rings. The van der Waals surface area contributed by atoms with Gasteiger partial charge < -0.3 is 14.5 Å². The summed E-state index contributed by atoms with van der Waals surface area (Å²) in [5, 5.41) is 1.03. The molecular weight excluding hydrogens is 326 g/mol. The number of hydrogen-bond acceptors (Lipinski definition) is 5. The van der Waals surface area contributed by atoms with Crippen LogP contribution in [-0.2, 0) is 14.3 Å². The molecule has 0 N–H and O–H groups in total. The monoisotopic (exact) mass is 353 g/mol. The second-order valence-corrected chi connectivity index (χ2v) is 7.79. The van der Waals surface area contributed by atoms with E-state index in [0.29, 0.717) is 25.9 Å². The minimum atomic E-state index is -0.0318. The Kier molecular flexibility index (Phi) is 6.34. The summed E-state index contributed by atoms with van der Waals surface area (Å²) in [7, 11) is 3.37. The van der Waals surface area contributed by atoms with Crippen molar-refractivity contribution in [2.24, 2.45) is 5.92 Å². The number of amides is 2. The van der Waals surface area contributed by atoms with Crippen molar-refractivity contribution >= 4 is 23.2 Å². The number of ether oxygens (including phenoxy) is 1. The predicted octanol–water partition coefficient (Wildman–Crippen LogP) is 2.16. The largest absolute Gasteiger partial charge is 0.375 e. The minimum Gasteiger partial charge on any atom is -0.375 e. The molecule has 0 radical (unpaired) electrons. The van der Waals surface area contributed by atoms with E-state index in [9.17, 15) is 9.59 Å². The summed E-state index contributed by atoms with van der Waals surface area (Å²) in [4.78, 5) is 34.0. The number of rotatable bonds is 5. The number of carbonyl (C=O) groups is 2. The fraction of sp³-hybridized carbons (Fsp3) is 0.706. The van der Waals surface area contributed by atoms with Gasteiger partial charge in [0.15, 0.2) is 0 Å². The van der Waals surface area contributed by atoms with E-state index < -0.39 is 0 Å². The van der Waals surface area contributed by atoms with Gasteiger partial charge in [0.25, 0.3) is 0 Å². The molecule has 0 bridgehead atoms. The summed E-state index contributed by atoms with van der Waals surface area (Å²) in [6.45, 7) is 7.41. The second-order valence-electron chi connectivity index (χ2n) is 6.39. The molecule has 1 aliphatic rings. The van der Waals surface area contributed by atoms with Gasteiger partial charge in [-0.15, -0.1) is 11.3 Å². The summed E-state index contributed by atoms with van der Waals surface area (Å²) in [6.07, 6.45) is 1.42. The van der Waals surface area contributed by atoms with E-state index in [1.165, 1.54) is 12.0 Å².